The molecule has 2 aromatic rings. The summed E-state index contributed by atoms with van der Waals surface area (Å²) in [7, 11) is 0. The Hall–Kier alpha value is -1.90. The van der Waals surface area contributed by atoms with E-state index in [1.54, 1.807) is 6.92 Å². The predicted octanol–water partition coefficient (Wildman–Crippen LogP) is 3.01. The van der Waals surface area contributed by atoms with E-state index in [-0.39, 0.29) is 5.69 Å². The Labute approximate surface area is 126 Å². The molecule has 1 aromatic carbocycles. The van der Waals surface area contributed by atoms with Gasteiger partial charge < -0.3 is 5.32 Å². The number of alkyl halides is 4. The van der Waals surface area contributed by atoms with Crippen LogP contribution in [0.5, 0.6) is 0 Å². The molecule has 1 unspecified atom stereocenters. The minimum Gasteiger partial charge on any atom is -0.323 e. The molecule has 9 heteroatoms. The van der Waals surface area contributed by atoms with Gasteiger partial charge in [-0.25, -0.2) is 9.67 Å². The number of carbonyl (C=O) groups is 1. The van der Waals surface area contributed by atoms with Crippen LogP contribution in [0.3, 0.4) is 0 Å². The summed E-state index contributed by atoms with van der Waals surface area (Å²) in [6, 6.07) is 3.01. The van der Waals surface area contributed by atoms with Crippen LogP contribution in [-0.2, 0) is 11.0 Å². The summed E-state index contributed by atoms with van der Waals surface area (Å²) in [5, 5.41) is 6.29. The van der Waals surface area contributed by atoms with Crippen molar-refractivity contribution in [3.63, 3.8) is 0 Å². The third-order valence-corrected chi connectivity index (χ3v) is 3.02. The van der Waals surface area contributed by atoms with Crippen molar-refractivity contribution >= 4 is 27.5 Å². The number of aromatic nitrogens is 3. The molecule has 2 rings (SSSR count). The lowest BCUT2D eigenvalue weighted by atomic mass is 10.1. The molecule has 1 amide bonds. The highest BCUT2D eigenvalue weighted by Gasteiger charge is 2.31. The molecule has 0 saturated carbocycles. The summed E-state index contributed by atoms with van der Waals surface area (Å²) in [4.78, 5) is 14.9. The Morgan fingerprint density at radius 2 is 2.14 bits per heavy atom. The molecule has 1 N–H and O–H groups in total. The minimum absolute atomic E-state index is 0.00613. The van der Waals surface area contributed by atoms with Crippen molar-refractivity contribution in [3.8, 4) is 5.69 Å². The minimum atomic E-state index is -4.50. The largest absolute Gasteiger partial charge is 0.416 e. The van der Waals surface area contributed by atoms with Gasteiger partial charge in [-0.05, 0) is 25.1 Å². The standard InChI is InChI=1S/C12H10BrF3N4O/c1-7(13)11(21)19-9-4-8(12(14,15)16)2-3-10(9)20-6-17-5-18-20/h2-7H,1H3,(H,19,21). The summed E-state index contributed by atoms with van der Waals surface area (Å²) < 4.78 is 39.6. The molecule has 1 heterocycles. The number of rotatable bonds is 3. The van der Waals surface area contributed by atoms with Crippen LogP contribution in [0, 0.1) is 0 Å². The third kappa shape index (κ3) is 3.60. The topological polar surface area (TPSA) is 59.8 Å². The highest BCUT2D eigenvalue weighted by Crippen LogP contribution is 2.33. The number of nitrogens with one attached hydrogen (secondary N) is 1. The van der Waals surface area contributed by atoms with Crippen molar-refractivity contribution < 1.29 is 18.0 Å². The van der Waals surface area contributed by atoms with Crippen LogP contribution >= 0.6 is 15.9 Å². The molecule has 0 bridgehead atoms. The van der Waals surface area contributed by atoms with Gasteiger partial charge in [-0.15, -0.1) is 0 Å². The van der Waals surface area contributed by atoms with Crippen LogP contribution in [-0.4, -0.2) is 25.5 Å². The molecular formula is C12H10BrF3N4O. The first-order valence-electron chi connectivity index (χ1n) is 5.80. The summed E-state index contributed by atoms with van der Waals surface area (Å²) >= 11 is 3.06. The van der Waals surface area contributed by atoms with E-state index in [4.69, 9.17) is 0 Å². The maximum atomic E-state index is 12.8. The van der Waals surface area contributed by atoms with E-state index in [0.29, 0.717) is 5.69 Å². The van der Waals surface area contributed by atoms with Gasteiger partial charge in [0.25, 0.3) is 0 Å². The van der Waals surface area contributed by atoms with Crippen molar-refractivity contribution in [2.24, 2.45) is 0 Å². The molecule has 0 radical (unpaired) electrons. The van der Waals surface area contributed by atoms with Gasteiger partial charge in [-0.3, -0.25) is 4.79 Å². The second-order valence-electron chi connectivity index (χ2n) is 4.17. The van der Waals surface area contributed by atoms with Crippen LogP contribution < -0.4 is 5.32 Å². The van der Waals surface area contributed by atoms with Crippen molar-refractivity contribution in [3.05, 3.63) is 36.4 Å². The first-order valence-corrected chi connectivity index (χ1v) is 6.72. The maximum Gasteiger partial charge on any atom is 0.416 e. The van der Waals surface area contributed by atoms with Crippen LogP contribution in [0.25, 0.3) is 5.69 Å². The SMILES string of the molecule is CC(Br)C(=O)Nc1cc(C(F)(F)F)ccc1-n1cncn1. The van der Waals surface area contributed by atoms with Crippen LogP contribution in [0.15, 0.2) is 30.9 Å². The van der Waals surface area contributed by atoms with E-state index in [9.17, 15) is 18.0 Å². The molecule has 1 atom stereocenters. The quantitative estimate of drug-likeness (QED) is 0.853. The maximum absolute atomic E-state index is 12.8. The van der Waals surface area contributed by atoms with Crippen LogP contribution in [0.4, 0.5) is 18.9 Å². The molecule has 5 nitrogen and oxygen atoms in total. The van der Waals surface area contributed by atoms with Crippen molar-refractivity contribution in [1.82, 2.24) is 14.8 Å². The van der Waals surface area contributed by atoms with Crippen molar-refractivity contribution in [2.75, 3.05) is 5.32 Å². The highest BCUT2D eigenvalue weighted by molar-refractivity contribution is 9.10. The van der Waals surface area contributed by atoms with Gasteiger partial charge in [-0.2, -0.15) is 18.3 Å². The molecule has 112 valence electrons. The average molecular weight is 363 g/mol. The Morgan fingerprint density at radius 1 is 1.43 bits per heavy atom. The van der Waals surface area contributed by atoms with E-state index in [0.717, 1.165) is 12.1 Å². The van der Waals surface area contributed by atoms with Gasteiger partial charge in [0.15, 0.2) is 0 Å². The predicted molar refractivity (Wildman–Crippen MR) is 73.4 cm³/mol. The number of benzene rings is 1. The number of nitrogens with zero attached hydrogens (tertiary/aromatic N) is 3. The van der Waals surface area contributed by atoms with E-state index in [1.165, 1.54) is 23.4 Å². The Kier molecular flexibility index (Phi) is 4.31. The van der Waals surface area contributed by atoms with Gasteiger partial charge >= 0.3 is 6.18 Å². The lowest BCUT2D eigenvalue weighted by Gasteiger charge is -2.15. The zero-order valence-corrected chi connectivity index (χ0v) is 12.3. The molecule has 0 spiro atoms. The van der Waals surface area contributed by atoms with E-state index in [2.05, 4.69) is 31.3 Å². The second-order valence-corrected chi connectivity index (χ2v) is 5.55. The number of amides is 1. The third-order valence-electron chi connectivity index (χ3n) is 2.61. The number of carbonyl (C=O) groups excluding carboxylic acids is 1. The van der Waals surface area contributed by atoms with Crippen molar-refractivity contribution in [1.29, 1.82) is 0 Å². The average Bonchev–Trinajstić information content (AvgIpc) is 2.91. The second kappa shape index (κ2) is 5.84. The summed E-state index contributed by atoms with van der Waals surface area (Å²) in [5.41, 5.74) is -0.558. The zero-order valence-electron chi connectivity index (χ0n) is 10.7. The lowest BCUT2D eigenvalue weighted by Crippen LogP contribution is -2.21. The molecule has 0 aliphatic heterocycles. The van der Waals surface area contributed by atoms with Crippen LogP contribution in [0.1, 0.15) is 12.5 Å². The summed E-state index contributed by atoms with van der Waals surface area (Å²) in [6.07, 6.45) is -1.92. The fraction of sp³-hybridized carbons (Fsp3) is 0.250. The van der Waals surface area contributed by atoms with Gasteiger partial charge in [-0.1, -0.05) is 15.9 Å². The molecule has 21 heavy (non-hydrogen) atoms. The molecular weight excluding hydrogens is 353 g/mol. The molecule has 0 fully saturated rings. The fourth-order valence-electron chi connectivity index (χ4n) is 1.58. The first kappa shape index (κ1) is 15.5. The summed E-state index contributed by atoms with van der Waals surface area (Å²) in [5.74, 6) is -0.462. The fourth-order valence-corrected chi connectivity index (χ4v) is 1.69. The Bertz CT molecular complexity index is 640. The smallest absolute Gasteiger partial charge is 0.323 e. The first-order chi connectivity index (χ1) is 9.79. The van der Waals surface area contributed by atoms with E-state index in [1.807, 2.05) is 0 Å². The highest BCUT2D eigenvalue weighted by atomic mass is 79.9. The summed E-state index contributed by atoms with van der Waals surface area (Å²) in [6.45, 7) is 1.57. The number of hydrogen-bond donors (Lipinski definition) is 1. The molecule has 0 aliphatic rings. The van der Waals surface area contributed by atoms with E-state index >= 15 is 0 Å². The molecule has 0 aliphatic carbocycles. The van der Waals surface area contributed by atoms with Crippen molar-refractivity contribution in [2.45, 2.75) is 17.9 Å². The van der Waals surface area contributed by atoms with Crippen LogP contribution in [0.2, 0.25) is 0 Å². The van der Waals surface area contributed by atoms with Gasteiger partial charge in [0.1, 0.15) is 12.7 Å². The van der Waals surface area contributed by atoms with E-state index < -0.39 is 22.5 Å². The number of halogens is 4. The Balaban J connectivity index is 2.48. The normalized spacial score (nSPS) is 13.0. The van der Waals surface area contributed by atoms with Gasteiger partial charge in [0.05, 0.1) is 21.8 Å². The Morgan fingerprint density at radius 3 is 2.67 bits per heavy atom. The number of hydrogen-bond acceptors (Lipinski definition) is 3. The number of anilines is 1. The molecule has 1 aromatic heterocycles. The lowest BCUT2D eigenvalue weighted by molar-refractivity contribution is -0.137. The zero-order chi connectivity index (χ0) is 15.6. The molecule has 0 saturated heterocycles. The monoisotopic (exact) mass is 362 g/mol. The van der Waals surface area contributed by atoms with Gasteiger partial charge in [0.2, 0.25) is 5.91 Å². The van der Waals surface area contributed by atoms with Gasteiger partial charge in [0, 0.05) is 0 Å².